The lowest BCUT2D eigenvalue weighted by Gasteiger charge is -2.40. The molecule has 0 aromatic rings. The van der Waals surface area contributed by atoms with Crippen LogP contribution in [0.15, 0.2) is 0 Å². The first-order valence-corrected chi connectivity index (χ1v) is 4.43. The predicted octanol–water partition coefficient (Wildman–Crippen LogP) is 1.08. The van der Waals surface area contributed by atoms with Crippen LogP contribution in [0.1, 0.15) is 33.1 Å². The summed E-state index contributed by atoms with van der Waals surface area (Å²) in [5.41, 5.74) is 0.174. The molecule has 0 aromatic carbocycles. The number of carbonyl (C=O) groups is 1. The van der Waals surface area contributed by atoms with E-state index in [1.165, 1.54) is 13.5 Å². The Bertz CT molecular complexity index is 175. The van der Waals surface area contributed by atoms with E-state index in [1.807, 2.05) is 6.92 Å². The minimum atomic E-state index is -0.180. The number of rotatable bonds is 3. The fraction of sp³-hybridized carbons (Fsp3) is 0.889. The third-order valence-electron chi connectivity index (χ3n) is 2.58. The monoisotopic (exact) mass is 171 g/mol. The predicted molar refractivity (Wildman–Crippen MR) is 46.9 cm³/mol. The Morgan fingerprint density at radius 1 is 1.58 bits per heavy atom. The summed E-state index contributed by atoms with van der Waals surface area (Å²) in [6.07, 6.45) is 3.58. The first-order valence-electron chi connectivity index (χ1n) is 4.43. The van der Waals surface area contributed by atoms with E-state index in [-0.39, 0.29) is 17.6 Å². The highest BCUT2D eigenvalue weighted by atomic mass is 16.5. The van der Waals surface area contributed by atoms with Gasteiger partial charge in [-0.05, 0) is 33.1 Å². The quantitative estimate of drug-likeness (QED) is 0.646. The summed E-state index contributed by atoms with van der Waals surface area (Å²) < 4.78 is 4.63. The van der Waals surface area contributed by atoms with E-state index in [4.69, 9.17) is 0 Å². The third-order valence-corrected chi connectivity index (χ3v) is 2.58. The van der Waals surface area contributed by atoms with Crippen molar-refractivity contribution < 1.29 is 9.53 Å². The van der Waals surface area contributed by atoms with Crippen molar-refractivity contribution in [2.24, 2.45) is 0 Å². The fourth-order valence-electron chi connectivity index (χ4n) is 1.61. The Labute approximate surface area is 73.5 Å². The van der Waals surface area contributed by atoms with Gasteiger partial charge in [0.2, 0.25) is 0 Å². The van der Waals surface area contributed by atoms with Gasteiger partial charge in [-0.15, -0.1) is 0 Å². The Balaban J connectivity index is 2.34. The molecule has 0 saturated heterocycles. The van der Waals surface area contributed by atoms with Gasteiger partial charge in [-0.3, -0.25) is 10.1 Å². The summed E-state index contributed by atoms with van der Waals surface area (Å²) in [4.78, 5) is 11.0. The summed E-state index contributed by atoms with van der Waals surface area (Å²) in [5.74, 6) is -0.178. The maximum absolute atomic E-state index is 11.0. The number of hydrogen-bond donors (Lipinski definition) is 1. The van der Waals surface area contributed by atoms with Gasteiger partial charge < -0.3 is 4.74 Å². The molecule has 12 heavy (non-hydrogen) atoms. The molecule has 0 spiro atoms. The highest BCUT2D eigenvalue weighted by molar-refractivity contribution is 5.75. The molecule has 1 unspecified atom stereocenters. The van der Waals surface area contributed by atoms with Gasteiger partial charge in [-0.2, -0.15) is 0 Å². The first-order chi connectivity index (χ1) is 5.57. The van der Waals surface area contributed by atoms with E-state index in [0.29, 0.717) is 0 Å². The van der Waals surface area contributed by atoms with Crippen molar-refractivity contribution in [2.75, 3.05) is 7.11 Å². The van der Waals surface area contributed by atoms with Crippen LogP contribution in [0.4, 0.5) is 0 Å². The van der Waals surface area contributed by atoms with Crippen LogP contribution in [0.2, 0.25) is 0 Å². The van der Waals surface area contributed by atoms with Crippen molar-refractivity contribution >= 4 is 5.97 Å². The molecule has 1 rings (SSSR count). The summed E-state index contributed by atoms with van der Waals surface area (Å²) in [5, 5.41) is 3.27. The molecule has 1 fully saturated rings. The lowest BCUT2D eigenvalue weighted by atomic mass is 9.78. The topological polar surface area (TPSA) is 38.3 Å². The molecule has 0 amide bonds. The molecule has 1 N–H and O–H groups in total. The van der Waals surface area contributed by atoms with E-state index in [0.717, 1.165) is 12.8 Å². The average molecular weight is 171 g/mol. The standard InChI is InChI=1S/C9H17NO2/c1-7(8(11)12-3)10-9(2)5-4-6-9/h7,10H,4-6H2,1-3H3. The summed E-state index contributed by atoms with van der Waals surface area (Å²) in [6, 6.07) is -0.180. The van der Waals surface area contributed by atoms with Crippen LogP contribution >= 0.6 is 0 Å². The molecule has 1 atom stereocenters. The van der Waals surface area contributed by atoms with Gasteiger partial charge >= 0.3 is 5.97 Å². The van der Waals surface area contributed by atoms with E-state index in [2.05, 4.69) is 17.0 Å². The van der Waals surface area contributed by atoms with E-state index in [9.17, 15) is 4.79 Å². The fourth-order valence-corrected chi connectivity index (χ4v) is 1.61. The minimum absolute atomic E-state index is 0.174. The number of carbonyl (C=O) groups excluding carboxylic acids is 1. The van der Waals surface area contributed by atoms with Crippen molar-refractivity contribution in [2.45, 2.75) is 44.7 Å². The number of esters is 1. The molecule has 1 aliphatic rings. The molecule has 0 aliphatic heterocycles. The molecular weight excluding hydrogens is 154 g/mol. The van der Waals surface area contributed by atoms with Crippen molar-refractivity contribution in [3.8, 4) is 0 Å². The van der Waals surface area contributed by atoms with Gasteiger partial charge in [-0.25, -0.2) is 0 Å². The average Bonchev–Trinajstić information content (AvgIpc) is 2.00. The molecule has 3 nitrogen and oxygen atoms in total. The molecule has 3 heteroatoms. The number of ether oxygens (including phenoxy) is 1. The zero-order valence-electron chi connectivity index (χ0n) is 8.02. The molecule has 0 bridgehead atoms. The van der Waals surface area contributed by atoms with E-state index < -0.39 is 0 Å². The summed E-state index contributed by atoms with van der Waals surface area (Å²) in [7, 11) is 1.42. The lowest BCUT2D eigenvalue weighted by Crippen LogP contribution is -2.54. The molecule has 0 aromatic heterocycles. The first kappa shape index (κ1) is 9.52. The molecule has 70 valence electrons. The van der Waals surface area contributed by atoms with E-state index in [1.54, 1.807) is 0 Å². The van der Waals surface area contributed by atoms with Gasteiger partial charge in [-0.1, -0.05) is 0 Å². The van der Waals surface area contributed by atoms with Crippen LogP contribution in [0.5, 0.6) is 0 Å². The Hall–Kier alpha value is -0.570. The molecule has 0 heterocycles. The lowest BCUT2D eigenvalue weighted by molar-refractivity contribution is -0.143. The van der Waals surface area contributed by atoms with Crippen molar-refractivity contribution in [3.05, 3.63) is 0 Å². The third kappa shape index (κ3) is 1.97. The molecule has 1 saturated carbocycles. The van der Waals surface area contributed by atoms with Gasteiger partial charge in [0.25, 0.3) is 0 Å². The normalized spacial score (nSPS) is 22.6. The van der Waals surface area contributed by atoms with Gasteiger partial charge in [0.1, 0.15) is 6.04 Å². The Morgan fingerprint density at radius 3 is 2.50 bits per heavy atom. The van der Waals surface area contributed by atoms with Crippen LogP contribution in [-0.4, -0.2) is 24.7 Å². The van der Waals surface area contributed by atoms with Crippen LogP contribution in [0, 0.1) is 0 Å². The van der Waals surface area contributed by atoms with Crippen molar-refractivity contribution in [1.82, 2.24) is 5.32 Å². The second-order valence-electron chi connectivity index (χ2n) is 3.80. The largest absolute Gasteiger partial charge is 0.468 e. The van der Waals surface area contributed by atoms with Crippen molar-refractivity contribution in [1.29, 1.82) is 0 Å². The minimum Gasteiger partial charge on any atom is -0.468 e. The maximum atomic E-state index is 11.0. The number of nitrogens with one attached hydrogen (secondary N) is 1. The second kappa shape index (κ2) is 3.44. The highest BCUT2D eigenvalue weighted by Crippen LogP contribution is 2.31. The van der Waals surface area contributed by atoms with Crippen LogP contribution in [0.3, 0.4) is 0 Å². The number of hydrogen-bond acceptors (Lipinski definition) is 3. The van der Waals surface area contributed by atoms with Crippen LogP contribution in [-0.2, 0) is 9.53 Å². The molecular formula is C9H17NO2. The second-order valence-corrected chi connectivity index (χ2v) is 3.80. The summed E-state index contributed by atoms with van der Waals surface area (Å²) in [6.45, 7) is 3.99. The van der Waals surface area contributed by atoms with Gasteiger partial charge in [0, 0.05) is 5.54 Å². The zero-order chi connectivity index (χ0) is 9.19. The Morgan fingerprint density at radius 2 is 2.17 bits per heavy atom. The van der Waals surface area contributed by atoms with Crippen LogP contribution < -0.4 is 5.32 Å². The SMILES string of the molecule is COC(=O)C(C)NC1(C)CCC1. The molecule has 0 radical (unpaired) electrons. The van der Waals surface area contributed by atoms with Gasteiger partial charge in [0.05, 0.1) is 7.11 Å². The van der Waals surface area contributed by atoms with Crippen LogP contribution in [0.25, 0.3) is 0 Å². The summed E-state index contributed by atoms with van der Waals surface area (Å²) >= 11 is 0. The Kier molecular flexibility index (Phi) is 2.73. The molecule has 1 aliphatic carbocycles. The number of methoxy groups -OCH3 is 1. The maximum Gasteiger partial charge on any atom is 0.322 e. The highest BCUT2D eigenvalue weighted by Gasteiger charge is 2.34. The van der Waals surface area contributed by atoms with E-state index >= 15 is 0 Å². The zero-order valence-corrected chi connectivity index (χ0v) is 8.02. The van der Waals surface area contributed by atoms with Crippen molar-refractivity contribution in [3.63, 3.8) is 0 Å². The smallest absolute Gasteiger partial charge is 0.322 e. The van der Waals surface area contributed by atoms with Gasteiger partial charge in [0.15, 0.2) is 0 Å².